The highest BCUT2D eigenvalue weighted by Crippen LogP contribution is 2.10. The van der Waals surface area contributed by atoms with Crippen LogP contribution in [0.25, 0.3) is 0 Å². The van der Waals surface area contributed by atoms with Crippen LogP contribution in [0.1, 0.15) is 42.6 Å². The molecular weight excluding hydrogens is 292 g/mol. The molecule has 0 saturated heterocycles. The molecule has 0 aliphatic heterocycles. The molecular formula is C18H28N2O3. The van der Waals surface area contributed by atoms with Crippen LogP contribution in [-0.4, -0.2) is 38.1 Å². The van der Waals surface area contributed by atoms with Crippen LogP contribution in [0.15, 0.2) is 24.3 Å². The zero-order chi connectivity index (χ0) is 17.2. The molecule has 1 rings (SSSR count). The molecule has 2 N–H and O–H groups in total. The molecule has 0 aromatic heterocycles. The summed E-state index contributed by atoms with van der Waals surface area (Å²) < 4.78 is 4.96. The van der Waals surface area contributed by atoms with Gasteiger partial charge in [0.2, 0.25) is 5.91 Å². The number of carbonyl (C=O) groups is 2. The molecule has 0 heterocycles. The zero-order valence-corrected chi connectivity index (χ0v) is 14.5. The topological polar surface area (TPSA) is 67.4 Å². The average Bonchev–Trinajstić information content (AvgIpc) is 2.50. The monoisotopic (exact) mass is 320 g/mol. The van der Waals surface area contributed by atoms with Crippen molar-refractivity contribution < 1.29 is 14.3 Å². The highest BCUT2D eigenvalue weighted by atomic mass is 16.5. The number of amides is 2. The van der Waals surface area contributed by atoms with Crippen molar-refractivity contribution in [1.29, 1.82) is 0 Å². The Hall–Kier alpha value is -1.88. The van der Waals surface area contributed by atoms with Crippen molar-refractivity contribution in [3.05, 3.63) is 35.4 Å². The molecule has 0 aliphatic carbocycles. The van der Waals surface area contributed by atoms with E-state index in [4.69, 9.17) is 4.74 Å². The lowest BCUT2D eigenvalue weighted by atomic mass is 10.0. The van der Waals surface area contributed by atoms with Crippen molar-refractivity contribution in [2.45, 2.75) is 39.7 Å². The largest absolute Gasteiger partial charge is 0.385 e. The van der Waals surface area contributed by atoms with Crippen molar-refractivity contribution in [2.24, 2.45) is 5.92 Å². The van der Waals surface area contributed by atoms with Gasteiger partial charge in [0.25, 0.3) is 5.91 Å². The van der Waals surface area contributed by atoms with Crippen LogP contribution in [0, 0.1) is 12.8 Å². The number of aryl methyl sites for hydroxylation is 1. The van der Waals surface area contributed by atoms with Gasteiger partial charge in [-0.1, -0.05) is 32.0 Å². The molecule has 0 saturated carbocycles. The first-order valence-electron chi connectivity index (χ1n) is 8.08. The van der Waals surface area contributed by atoms with E-state index >= 15 is 0 Å². The molecule has 2 amide bonds. The number of benzene rings is 1. The molecule has 0 fully saturated rings. The Morgan fingerprint density at radius 1 is 1.22 bits per heavy atom. The lowest BCUT2D eigenvalue weighted by Crippen LogP contribution is -2.47. The van der Waals surface area contributed by atoms with Crippen molar-refractivity contribution in [3.8, 4) is 0 Å². The van der Waals surface area contributed by atoms with Gasteiger partial charge in [0.1, 0.15) is 6.04 Å². The third-order valence-electron chi connectivity index (χ3n) is 3.54. The highest BCUT2D eigenvalue weighted by Gasteiger charge is 2.22. The lowest BCUT2D eigenvalue weighted by molar-refractivity contribution is -0.123. The molecule has 0 bridgehead atoms. The number of nitrogens with one attached hydrogen (secondary N) is 2. The van der Waals surface area contributed by atoms with E-state index in [0.717, 1.165) is 12.0 Å². The summed E-state index contributed by atoms with van der Waals surface area (Å²) >= 11 is 0. The first kappa shape index (κ1) is 19.2. The summed E-state index contributed by atoms with van der Waals surface area (Å²) in [4.78, 5) is 24.8. The predicted octanol–water partition coefficient (Wildman–Crippen LogP) is 2.29. The van der Waals surface area contributed by atoms with Crippen LogP contribution in [0.5, 0.6) is 0 Å². The van der Waals surface area contributed by atoms with E-state index < -0.39 is 6.04 Å². The van der Waals surface area contributed by atoms with Gasteiger partial charge in [0.15, 0.2) is 0 Å². The van der Waals surface area contributed by atoms with Gasteiger partial charge in [0.05, 0.1) is 0 Å². The van der Waals surface area contributed by atoms with E-state index in [-0.39, 0.29) is 11.8 Å². The Morgan fingerprint density at radius 3 is 2.52 bits per heavy atom. The summed E-state index contributed by atoms with van der Waals surface area (Å²) in [5, 5.41) is 5.72. The second-order valence-corrected chi connectivity index (χ2v) is 6.11. The summed E-state index contributed by atoms with van der Waals surface area (Å²) in [6.45, 7) is 7.10. The van der Waals surface area contributed by atoms with Crippen LogP contribution < -0.4 is 10.6 Å². The second-order valence-electron chi connectivity index (χ2n) is 6.11. The van der Waals surface area contributed by atoms with Crippen molar-refractivity contribution in [1.82, 2.24) is 10.6 Å². The maximum atomic E-state index is 12.4. The minimum Gasteiger partial charge on any atom is -0.385 e. The molecule has 1 aromatic rings. The van der Waals surface area contributed by atoms with Crippen LogP contribution in [0.2, 0.25) is 0 Å². The maximum Gasteiger partial charge on any atom is 0.252 e. The maximum absolute atomic E-state index is 12.4. The van der Waals surface area contributed by atoms with Crippen LogP contribution in [0.3, 0.4) is 0 Å². The lowest BCUT2D eigenvalue weighted by Gasteiger charge is -2.20. The number of methoxy groups -OCH3 is 1. The van der Waals surface area contributed by atoms with Crippen molar-refractivity contribution >= 4 is 11.8 Å². The Balaban J connectivity index is 2.68. The van der Waals surface area contributed by atoms with E-state index in [2.05, 4.69) is 10.6 Å². The SMILES string of the molecule is COCCCNC(=O)C(CC(C)C)NC(=O)c1ccccc1C. The summed E-state index contributed by atoms with van der Waals surface area (Å²) in [6, 6.07) is 6.85. The van der Waals surface area contributed by atoms with Gasteiger partial charge in [-0.3, -0.25) is 9.59 Å². The van der Waals surface area contributed by atoms with Gasteiger partial charge in [-0.2, -0.15) is 0 Å². The van der Waals surface area contributed by atoms with Gasteiger partial charge < -0.3 is 15.4 Å². The van der Waals surface area contributed by atoms with Gasteiger partial charge in [-0.05, 0) is 37.3 Å². The highest BCUT2D eigenvalue weighted by molar-refractivity contribution is 5.98. The minimum atomic E-state index is -0.523. The molecule has 1 atom stereocenters. The Morgan fingerprint density at radius 2 is 1.91 bits per heavy atom. The number of rotatable bonds is 9. The fourth-order valence-electron chi connectivity index (χ4n) is 2.32. The molecule has 0 radical (unpaired) electrons. The normalized spacial score (nSPS) is 12.0. The fraction of sp³-hybridized carbons (Fsp3) is 0.556. The summed E-state index contributed by atoms with van der Waals surface area (Å²) in [7, 11) is 1.63. The van der Waals surface area contributed by atoms with E-state index in [1.165, 1.54) is 0 Å². The zero-order valence-electron chi connectivity index (χ0n) is 14.5. The Kier molecular flexibility index (Phi) is 8.33. The molecule has 0 aliphatic rings. The fourth-order valence-corrected chi connectivity index (χ4v) is 2.32. The number of ether oxygens (including phenoxy) is 1. The quantitative estimate of drug-likeness (QED) is 0.686. The number of hydrogen-bond acceptors (Lipinski definition) is 3. The number of hydrogen-bond donors (Lipinski definition) is 2. The average molecular weight is 320 g/mol. The molecule has 128 valence electrons. The first-order chi connectivity index (χ1) is 11.0. The van der Waals surface area contributed by atoms with E-state index in [1.54, 1.807) is 13.2 Å². The van der Waals surface area contributed by atoms with Crippen LogP contribution in [-0.2, 0) is 9.53 Å². The van der Waals surface area contributed by atoms with E-state index in [1.807, 2.05) is 39.0 Å². The van der Waals surface area contributed by atoms with Crippen LogP contribution in [0.4, 0.5) is 0 Å². The Bertz CT molecular complexity index is 515. The molecule has 1 aromatic carbocycles. The molecule has 5 heteroatoms. The summed E-state index contributed by atoms with van der Waals surface area (Å²) in [5.74, 6) is -0.0422. The van der Waals surface area contributed by atoms with E-state index in [9.17, 15) is 9.59 Å². The minimum absolute atomic E-state index is 0.142. The summed E-state index contributed by atoms with van der Waals surface area (Å²) in [6.07, 6.45) is 1.36. The van der Waals surface area contributed by atoms with Gasteiger partial charge in [-0.15, -0.1) is 0 Å². The molecule has 23 heavy (non-hydrogen) atoms. The standard InChI is InChI=1S/C18H28N2O3/c1-13(2)12-16(18(22)19-10-7-11-23-4)20-17(21)15-9-6-5-8-14(15)3/h5-6,8-9,13,16H,7,10-12H2,1-4H3,(H,19,22)(H,20,21). The van der Waals surface area contributed by atoms with Crippen molar-refractivity contribution in [3.63, 3.8) is 0 Å². The third-order valence-corrected chi connectivity index (χ3v) is 3.54. The Labute approximate surface area is 138 Å². The van der Waals surface area contributed by atoms with Gasteiger partial charge in [0, 0.05) is 25.8 Å². The first-order valence-corrected chi connectivity index (χ1v) is 8.08. The van der Waals surface area contributed by atoms with Gasteiger partial charge in [-0.25, -0.2) is 0 Å². The number of carbonyl (C=O) groups excluding carboxylic acids is 2. The van der Waals surface area contributed by atoms with E-state index in [0.29, 0.717) is 31.1 Å². The molecule has 1 unspecified atom stereocenters. The smallest absolute Gasteiger partial charge is 0.252 e. The molecule has 0 spiro atoms. The third kappa shape index (κ3) is 6.82. The molecule has 5 nitrogen and oxygen atoms in total. The van der Waals surface area contributed by atoms with Gasteiger partial charge >= 0.3 is 0 Å². The summed E-state index contributed by atoms with van der Waals surface area (Å²) in [5.41, 5.74) is 1.50. The predicted molar refractivity (Wildman–Crippen MR) is 91.4 cm³/mol. The van der Waals surface area contributed by atoms with Crippen LogP contribution >= 0.6 is 0 Å². The van der Waals surface area contributed by atoms with Crippen molar-refractivity contribution in [2.75, 3.05) is 20.3 Å². The second kappa shape index (κ2) is 10.0.